The average Bonchev–Trinajstić information content (AvgIpc) is 2.94. The summed E-state index contributed by atoms with van der Waals surface area (Å²) in [6.45, 7) is 0.155. The van der Waals surface area contributed by atoms with Crippen molar-refractivity contribution < 1.29 is 4.63 Å². The van der Waals surface area contributed by atoms with Crippen molar-refractivity contribution in [3.63, 3.8) is 0 Å². The summed E-state index contributed by atoms with van der Waals surface area (Å²) in [6, 6.07) is 9.58. The minimum atomic E-state index is 0.155. The highest BCUT2D eigenvalue weighted by Gasteiger charge is 2.18. The Morgan fingerprint density at radius 1 is 1.33 bits per heavy atom. The fourth-order valence-corrected chi connectivity index (χ4v) is 1.84. The summed E-state index contributed by atoms with van der Waals surface area (Å²) in [5.41, 5.74) is 7.62. The number of imidazole rings is 1. The van der Waals surface area contributed by atoms with Crippen molar-refractivity contribution in [2.75, 3.05) is 5.73 Å². The van der Waals surface area contributed by atoms with Gasteiger partial charge in [0, 0.05) is 0 Å². The van der Waals surface area contributed by atoms with Crippen LogP contribution in [-0.4, -0.2) is 19.9 Å². The van der Waals surface area contributed by atoms with E-state index in [4.69, 9.17) is 11.0 Å². The monoisotopic (exact) mass is 240 g/mol. The second-order valence-corrected chi connectivity index (χ2v) is 3.67. The Morgan fingerprint density at radius 2 is 2.17 bits per heavy atom. The lowest BCUT2D eigenvalue weighted by Gasteiger charge is -2.01. The molecule has 7 nitrogen and oxygen atoms in total. The molecule has 0 unspecified atom stereocenters. The Labute approximate surface area is 101 Å². The number of nitrogens with two attached hydrogens (primary N) is 1. The average molecular weight is 240 g/mol. The number of benzene rings is 1. The van der Waals surface area contributed by atoms with Crippen molar-refractivity contribution in [3.8, 4) is 17.6 Å². The van der Waals surface area contributed by atoms with E-state index in [9.17, 15) is 0 Å². The molecular weight excluding hydrogens is 232 g/mol. The van der Waals surface area contributed by atoms with Crippen molar-refractivity contribution in [3.05, 3.63) is 24.3 Å². The summed E-state index contributed by atoms with van der Waals surface area (Å²) < 4.78 is 6.30. The number of aromatic nitrogens is 4. The molecule has 2 N–H and O–H groups in total. The topological polar surface area (TPSA) is 107 Å². The van der Waals surface area contributed by atoms with Gasteiger partial charge in [0.2, 0.25) is 0 Å². The zero-order valence-corrected chi connectivity index (χ0v) is 9.24. The second kappa shape index (κ2) is 3.85. The van der Waals surface area contributed by atoms with Crippen LogP contribution in [0.4, 0.5) is 5.82 Å². The fraction of sp³-hybridized carbons (Fsp3) is 0.0909. The Bertz CT molecular complexity index is 750. The molecule has 3 aromatic rings. The van der Waals surface area contributed by atoms with Crippen LogP contribution in [0.25, 0.3) is 22.6 Å². The third-order valence-corrected chi connectivity index (χ3v) is 2.61. The summed E-state index contributed by atoms with van der Waals surface area (Å²) in [6.07, 6.45) is 0. The van der Waals surface area contributed by atoms with E-state index in [2.05, 4.69) is 26.0 Å². The van der Waals surface area contributed by atoms with Gasteiger partial charge < -0.3 is 10.3 Å². The molecule has 0 bridgehead atoms. The molecule has 0 aliphatic rings. The first-order valence-corrected chi connectivity index (χ1v) is 5.22. The van der Waals surface area contributed by atoms with Crippen LogP contribution in [0.5, 0.6) is 0 Å². The molecule has 3 rings (SSSR count). The van der Waals surface area contributed by atoms with Crippen LogP contribution in [0.1, 0.15) is 0 Å². The van der Waals surface area contributed by atoms with Gasteiger partial charge in [0.15, 0.2) is 17.3 Å². The van der Waals surface area contributed by atoms with Gasteiger partial charge in [-0.25, -0.2) is 9.61 Å². The van der Waals surface area contributed by atoms with Crippen LogP contribution in [0.3, 0.4) is 0 Å². The second-order valence-electron chi connectivity index (χ2n) is 3.67. The van der Waals surface area contributed by atoms with Gasteiger partial charge in [-0.05, 0) is 22.4 Å². The summed E-state index contributed by atoms with van der Waals surface area (Å²) in [7, 11) is 0. The number of hydrogen-bond donors (Lipinski definition) is 1. The quantitative estimate of drug-likeness (QED) is 0.721. The molecule has 88 valence electrons. The highest BCUT2D eigenvalue weighted by molar-refractivity contribution is 5.81. The molecule has 0 saturated carbocycles. The molecule has 0 atom stereocenters. The van der Waals surface area contributed by atoms with E-state index in [-0.39, 0.29) is 12.4 Å². The maximum atomic E-state index is 8.90. The lowest BCUT2D eigenvalue weighted by Crippen LogP contribution is -2.00. The molecule has 7 heteroatoms. The van der Waals surface area contributed by atoms with Crippen LogP contribution in [0.2, 0.25) is 0 Å². The van der Waals surface area contributed by atoms with Crippen molar-refractivity contribution >= 4 is 16.9 Å². The summed E-state index contributed by atoms with van der Waals surface area (Å²) in [4.78, 5) is 4.40. The summed E-state index contributed by atoms with van der Waals surface area (Å²) >= 11 is 0. The van der Waals surface area contributed by atoms with Crippen LogP contribution in [0, 0.1) is 11.3 Å². The van der Waals surface area contributed by atoms with Crippen LogP contribution >= 0.6 is 0 Å². The van der Waals surface area contributed by atoms with Crippen molar-refractivity contribution in [1.82, 2.24) is 19.9 Å². The molecule has 0 fully saturated rings. The number of nitrogen functional groups attached to an aromatic ring is 1. The van der Waals surface area contributed by atoms with E-state index in [1.165, 1.54) is 0 Å². The van der Waals surface area contributed by atoms with Crippen molar-refractivity contribution in [2.45, 2.75) is 6.54 Å². The van der Waals surface area contributed by atoms with E-state index in [0.29, 0.717) is 11.5 Å². The zero-order valence-electron chi connectivity index (χ0n) is 9.24. The maximum absolute atomic E-state index is 8.90. The molecule has 0 radical (unpaired) electrons. The summed E-state index contributed by atoms with van der Waals surface area (Å²) in [5.74, 6) is 0.640. The van der Waals surface area contributed by atoms with Gasteiger partial charge in [-0.1, -0.05) is 12.1 Å². The molecule has 1 aromatic carbocycles. The molecule has 0 amide bonds. The van der Waals surface area contributed by atoms with Gasteiger partial charge in [0.05, 0.1) is 17.1 Å². The molecule has 2 aromatic heterocycles. The van der Waals surface area contributed by atoms with E-state index < -0.39 is 0 Å². The Morgan fingerprint density at radius 3 is 2.89 bits per heavy atom. The van der Waals surface area contributed by atoms with Gasteiger partial charge in [0.25, 0.3) is 0 Å². The highest BCUT2D eigenvalue weighted by atomic mass is 16.6. The Hall–Kier alpha value is -2.88. The number of para-hydroxylation sites is 2. The normalized spacial score (nSPS) is 10.6. The first-order valence-electron chi connectivity index (χ1n) is 5.22. The lowest BCUT2D eigenvalue weighted by atomic mass is 10.3. The molecule has 2 heterocycles. The SMILES string of the molecule is N#CCn1c(-c2nonc2N)nc2ccccc21. The van der Waals surface area contributed by atoms with Gasteiger partial charge in [0.1, 0.15) is 6.54 Å². The minimum Gasteiger partial charge on any atom is -0.379 e. The van der Waals surface area contributed by atoms with Crippen molar-refractivity contribution in [1.29, 1.82) is 5.26 Å². The van der Waals surface area contributed by atoms with Gasteiger partial charge in [-0.15, -0.1) is 0 Å². The van der Waals surface area contributed by atoms with E-state index in [1.54, 1.807) is 4.57 Å². The van der Waals surface area contributed by atoms with Crippen LogP contribution < -0.4 is 5.73 Å². The van der Waals surface area contributed by atoms with Gasteiger partial charge in [-0.2, -0.15) is 5.26 Å². The standard InChI is InChI=1S/C11H8N6O/c12-5-6-17-8-4-2-1-3-7(8)14-11(17)9-10(13)16-18-15-9/h1-4H,6H2,(H2,13,16). The zero-order chi connectivity index (χ0) is 12.5. The number of anilines is 1. The first-order chi connectivity index (χ1) is 8.81. The molecule has 18 heavy (non-hydrogen) atoms. The molecule has 0 saturated heterocycles. The summed E-state index contributed by atoms with van der Waals surface area (Å²) in [5, 5.41) is 16.1. The predicted octanol–water partition coefficient (Wildman–Crippen LogP) is 1.19. The Kier molecular flexibility index (Phi) is 2.20. The molecule has 0 aliphatic carbocycles. The highest BCUT2D eigenvalue weighted by Crippen LogP contribution is 2.26. The number of nitriles is 1. The molecule has 0 aliphatic heterocycles. The number of nitrogens with zero attached hydrogens (tertiary/aromatic N) is 5. The van der Waals surface area contributed by atoms with E-state index in [1.807, 2.05) is 24.3 Å². The minimum absolute atomic E-state index is 0.155. The fourth-order valence-electron chi connectivity index (χ4n) is 1.84. The van der Waals surface area contributed by atoms with E-state index >= 15 is 0 Å². The smallest absolute Gasteiger partial charge is 0.199 e. The van der Waals surface area contributed by atoms with Crippen LogP contribution in [0.15, 0.2) is 28.9 Å². The van der Waals surface area contributed by atoms with Crippen molar-refractivity contribution in [2.24, 2.45) is 0 Å². The lowest BCUT2D eigenvalue weighted by molar-refractivity contribution is 0.310. The number of hydrogen-bond acceptors (Lipinski definition) is 6. The Balaban J connectivity index is 2.32. The molecule has 0 spiro atoms. The van der Waals surface area contributed by atoms with E-state index in [0.717, 1.165) is 11.0 Å². The number of rotatable bonds is 2. The predicted molar refractivity (Wildman–Crippen MR) is 63.1 cm³/mol. The molecular formula is C11H8N6O. The third-order valence-electron chi connectivity index (χ3n) is 2.61. The first kappa shape index (κ1) is 10.3. The maximum Gasteiger partial charge on any atom is 0.199 e. The largest absolute Gasteiger partial charge is 0.379 e. The number of fused-ring (bicyclic) bond motifs is 1. The van der Waals surface area contributed by atoms with Gasteiger partial charge in [-0.3, -0.25) is 0 Å². The van der Waals surface area contributed by atoms with Gasteiger partial charge >= 0.3 is 0 Å². The van der Waals surface area contributed by atoms with Crippen LogP contribution in [-0.2, 0) is 6.54 Å². The third kappa shape index (κ3) is 1.40.